The van der Waals surface area contributed by atoms with Crippen LogP contribution >= 0.6 is 0 Å². The Labute approximate surface area is 179 Å². The van der Waals surface area contributed by atoms with Crippen molar-refractivity contribution in [3.05, 3.63) is 82.0 Å². The SMILES string of the molecule is COc1ccc(Cc2nc(N)c(Cc3ccc(OC)cc3)c(C)c2CC(F)(F)F)cc1. The molecule has 0 aliphatic carbocycles. The Kier molecular flexibility index (Phi) is 6.73. The number of aromatic nitrogens is 1. The smallest absolute Gasteiger partial charge is 0.393 e. The van der Waals surface area contributed by atoms with Gasteiger partial charge in [0.05, 0.1) is 26.3 Å². The van der Waals surface area contributed by atoms with Crippen LogP contribution in [0.4, 0.5) is 19.0 Å². The summed E-state index contributed by atoms with van der Waals surface area (Å²) in [7, 11) is 3.13. The number of anilines is 1. The molecular weight excluding hydrogens is 405 g/mol. The summed E-state index contributed by atoms with van der Waals surface area (Å²) in [6, 6.07) is 14.5. The van der Waals surface area contributed by atoms with E-state index in [1.807, 2.05) is 36.4 Å². The maximum Gasteiger partial charge on any atom is 0.393 e. The summed E-state index contributed by atoms with van der Waals surface area (Å²) < 4.78 is 50.5. The Morgan fingerprint density at radius 2 is 1.29 bits per heavy atom. The minimum absolute atomic E-state index is 0.182. The molecule has 0 unspecified atom stereocenters. The lowest BCUT2D eigenvalue weighted by Crippen LogP contribution is -2.18. The first kappa shape index (κ1) is 22.5. The van der Waals surface area contributed by atoms with Gasteiger partial charge in [0, 0.05) is 18.4 Å². The third-order valence-corrected chi connectivity index (χ3v) is 5.27. The standard InChI is InChI=1S/C24H25F3N2O2/c1-15-20(12-16-4-8-18(30-2)9-5-16)23(28)29-22(21(15)14-24(25,26)27)13-17-6-10-19(31-3)11-7-17/h4-11H,12-14H2,1-3H3,(H2,28,29). The van der Waals surface area contributed by atoms with Crippen molar-refractivity contribution in [2.24, 2.45) is 0 Å². The van der Waals surface area contributed by atoms with Gasteiger partial charge in [0.1, 0.15) is 17.3 Å². The summed E-state index contributed by atoms with van der Waals surface area (Å²) in [6.07, 6.45) is -4.76. The van der Waals surface area contributed by atoms with Gasteiger partial charge in [-0.2, -0.15) is 13.2 Å². The van der Waals surface area contributed by atoms with Gasteiger partial charge in [-0.25, -0.2) is 4.98 Å². The number of ether oxygens (including phenoxy) is 2. The fourth-order valence-corrected chi connectivity index (χ4v) is 3.56. The molecule has 0 fully saturated rings. The summed E-state index contributed by atoms with van der Waals surface area (Å²) in [5.41, 5.74) is 9.64. The van der Waals surface area contributed by atoms with Crippen LogP contribution in [-0.4, -0.2) is 25.4 Å². The van der Waals surface area contributed by atoms with Crippen LogP contribution in [0.3, 0.4) is 0 Å². The van der Waals surface area contributed by atoms with Gasteiger partial charge in [0.25, 0.3) is 0 Å². The first-order valence-electron chi connectivity index (χ1n) is 9.79. The maximum absolute atomic E-state index is 13.4. The number of rotatable bonds is 7. The molecule has 3 aromatic rings. The number of benzene rings is 2. The Hall–Kier alpha value is -3.22. The van der Waals surface area contributed by atoms with Crippen molar-refractivity contribution in [3.8, 4) is 11.5 Å². The van der Waals surface area contributed by atoms with E-state index in [2.05, 4.69) is 4.98 Å². The Balaban J connectivity index is 1.99. The zero-order valence-corrected chi connectivity index (χ0v) is 17.7. The van der Waals surface area contributed by atoms with Gasteiger partial charge in [-0.15, -0.1) is 0 Å². The highest BCUT2D eigenvalue weighted by molar-refractivity contribution is 5.53. The summed E-state index contributed by atoms with van der Waals surface area (Å²) in [5, 5.41) is 0. The molecule has 0 radical (unpaired) electrons. The molecule has 1 aromatic heterocycles. The molecule has 0 aliphatic heterocycles. The van der Waals surface area contributed by atoms with E-state index in [0.29, 0.717) is 34.7 Å². The molecule has 1 heterocycles. The van der Waals surface area contributed by atoms with Crippen molar-refractivity contribution in [2.45, 2.75) is 32.4 Å². The molecule has 0 saturated carbocycles. The van der Waals surface area contributed by atoms with Gasteiger partial charge in [-0.3, -0.25) is 0 Å². The van der Waals surface area contributed by atoms with E-state index in [-0.39, 0.29) is 17.8 Å². The first-order valence-corrected chi connectivity index (χ1v) is 9.79. The van der Waals surface area contributed by atoms with Gasteiger partial charge in [0.2, 0.25) is 0 Å². The molecule has 31 heavy (non-hydrogen) atoms. The van der Waals surface area contributed by atoms with Crippen molar-refractivity contribution < 1.29 is 22.6 Å². The second-order valence-corrected chi connectivity index (χ2v) is 7.37. The number of methoxy groups -OCH3 is 2. The van der Waals surface area contributed by atoms with E-state index in [4.69, 9.17) is 15.2 Å². The first-order chi connectivity index (χ1) is 14.7. The molecule has 164 valence electrons. The van der Waals surface area contributed by atoms with Gasteiger partial charge < -0.3 is 15.2 Å². The molecule has 2 N–H and O–H groups in total. The molecule has 0 saturated heterocycles. The average Bonchev–Trinajstić information content (AvgIpc) is 2.74. The molecule has 3 rings (SSSR count). The highest BCUT2D eigenvalue weighted by Crippen LogP contribution is 2.31. The number of nitrogens with two attached hydrogens (primary N) is 1. The molecule has 7 heteroatoms. The van der Waals surface area contributed by atoms with E-state index in [1.54, 1.807) is 33.3 Å². The zero-order valence-electron chi connectivity index (χ0n) is 17.7. The van der Waals surface area contributed by atoms with Crippen LogP contribution < -0.4 is 15.2 Å². The summed E-state index contributed by atoms with van der Waals surface area (Å²) in [6.45, 7) is 1.69. The largest absolute Gasteiger partial charge is 0.497 e. The number of nitrogens with zero attached hydrogens (tertiary/aromatic N) is 1. The van der Waals surface area contributed by atoms with Gasteiger partial charge in [0.15, 0.2) is 0 Å². The van der Waals surface area contributed by atoms with Crippen LogP contribution in [0.15, 0.2) is 48.5 Å². The molecule has 0 amide bonds. The lowest BCUT2D eigenvalue weighted by Gasteiger charge is -2.19. The van der Waals surface area contributed by atoms with Gasteiger partial charge in [-0.05, 0) is 53.4 Å². The third-order valence-electron chi connectivity index (χ3n) is 5.27. The highest BCUT2D eigenvalue weighted by Gasteiger charge is 2.31. The van der Waals surface area contributed by atoms with Crippen LogP contribution in [0.25, 0.3) is 0 Å². The molecule has 0 spiro atoms. The Bertz CT molecular complexity index is 1030. The Morgan fingerprint density at radius 3 is 1.74 bits per heavy atom. The normalized spacial score (nSPS) is 11.4. The van der Waals surface area contributed by atoms with Crippen molar-refractivity contribution >= 4 is 5.82 Å². The minimum atomic E-state index is -4.35. The van der Waals surface area contributed by atoms with E-state index < -0.39 is 12.6 Å². The van der Waals surface area contributed by atoms with Gasteiger partial charge in [-0.1, -0.05) is 24.3 Å². The van der Waals surface area contributed by atoms with Crippen molar-refractivity contribution in [3.63, 3.8) is 0 Å². The Morgan fingerprint density at radius 1 is 0.806 bits per heavy atom. The lowest BCUT2D eigenvalue weighted by molar-refractivity contribution is -0.127. The number of pyridine rings is 1. The van der Waals surface area contributed by atoms with E-state index >= 15 is 0 Å². The molecular formula is C24H25F3N2O2. The quantitative estimate of drug-likeness (QED) is 0.554. The lowest BCUT2D eigenvalue weighted by atomic mass is 9.92. The van der Waals surface area contributed by atoms with E-state index in [0.717, 1.165) is 11.1 Å². The number of hydrogen-bond donors (Lipinski definition) is 1. The topological polar surface area (TPSA) is 57.4 Å². The van der Waals surface area contributed by atoms with E-state index in [9.17, 15) is 13.2 Å². The second kappa shape index (κ2) is 9.29. The van der Waals surface area contributed by atoms with Crippen molar-refractivity contribution in [1.29, 1.82) is 0 Å². The highest BCUT2D eigenvalue weighted by atomic mass is 19.4. The van der Waals surface area contributed by atoms with Gasteiger partial charge >= 0.3 is 6.18 Å². The van der Waals surface area contributed by atoms with Crippen LogP contribution in [0, 0.1) is 6.92 Å². The fourth-order valence-electron chi connectivity index (χ4n) is 3.56. The molecule has 4 nitrogen and oxygen atoms in total. The maximum atomic E-state index is 13.4. The number of halogens is 3. The third kappa shape index (κ3) is 5.69. The number of nitrogen functional groups attached to an aromatic ring is 1. The molecule has 0 atom stereocenters. The van der Waals surface area contributed by atoms with Crippen LogP contribution in [0.1, 0.15) is 33.5 Å². The van der Waals surface area contributed by atoms with E-state index in [1.165, 1.54) is 0 Å². The zero-order chi connectivity index (χ0) is 22.6. The summed E-state index contributed by atoms with van der Waals surface area (Å²) in [5.74, 6) is 1.64. The summed E-state index contributed by atoms with van der Waals surface area (Å²) >= 11 is 0. The van der Waals surface area contributed by atoms with Crippen molar-refractivity contribution in [1.82, 2.24) is 4.98 Å². The van der Waals surface area contributed by atoms with Crippen molar-refractivity contribution in [2.75, 3.05) is 20.0 Å². The fraction of sp³-hybridized carbons (Fsp3) is 0.292. The summed E-state index contributed by atoms with van der Waals surface area (Å²) in [4.78, 5) is 4.41. The minimum Gasteiger partial charge on any atom is -0.497 e. The van der Waals surface area contributed by atoms with Crippen LogP contribution in [0.5, 0.6) is 11.5 Å². The number of alkyl halides is 3. The molecule has 0 aliphatic rings. The molecule has 0 bridgehead atoms. The predicted molar refractivity (Wildman–Crippen MR) is 115 cm³/mol. The average molecular weight is 430 g/mol. The van der Waals surface area contributed by atoms with Crippen LogP contribution in [0.2, 0.25) is 0 Å². The number of hydrogen-bond acceptors (Lipinski definition) is 4. The predicted octanol–water partition coefficient (Wildman–Crippen LogP) is 5.28. The molecule has 2 aromatic carbocycles. The monoisotopic (exact) mass is 430 g/mol. The van der Waals surface area contributed by atoms with Crippen LogP contribution in [-0.2, 0) is 19.3 Å². The second-order valence-electron chi connectivity index (χ2n) is 7.37.